The summed E-state index contributed by atoms with van der Waals surface area (Å²) in [5, 5.41) is 2.93. The maximum atomic E-state index is 12.2. The molecule has 2 rings (SSSR count). The van der Waals surface area contributed by atoms with E-state index in [-0.39, 0.29) is 5.91 Å². The number of benzene rings is 2. The molecule has 23 heavy (non-hydrogen) atoms. The van der Waals surface area contributed by atoms with Crippen molar-refractivity contribution in [3.8, 4) is 5.75 Å². The van der Waals surface area contributed by atoms with Gasteiger partial charge >= 0.3 is 0 Å². The van der Waals surface area contributed by atoms with Gasteiger partial charge in [-0.3, -0.25) is 4.79 Å². The van der Waals surface area contributed by atoms with Crippen LogP contribution in [0.3, 0.4) is 0 Å². The van der Waals surface area contributed by atoms with Crippen molar-refractivity contribution >= 4 is 21.8 Å². The molecule has 0 heterocycles. The first-order valence-corrected chi connectivity index (χ1v) is 8.27. The lowest BCUT2D eigenvalue weighted by molar-refractivity contribution is -0.872. The minimum atomic E-state index is -0.102. The third-order valence-corrected chi connectivity index (χ3v) is 4.07. The van der Waals surface area contributed by atoms with Crippen molar-refractivity contribution in [2.45, 2.75) is 13.1 Å². The third-order valence-electron chi connectivity index (χ3n) is 3.45. The summed E-state index contributed by atoms with van der Waals surface area (Å²) in [6.45, 7) is 1.50. The average molecular weight is 378 g/mol. The van der Waals surface area contributed by atoms with Crippen LogP contribution in [-0.2, 0) is 13.1 Å². The molecule has 0 saturated heterocycles. The van der Waals surface area contributed by atoms with Gasteiger partial charge < -0.3 is 15.0 Å². The lowest BCUT2D eigenvalue weighted by Crippen LogP contribution is -3.04. The Hall–Kier alpha value is -1.85. The van der Waals surface area contributed by atoms with E-state index in [1.54, 1.807) is 25.3 Å². The third kappa shape index (κ3) is 5.08. The fraction of sp³-hybridized carbons (Fsp3) is 0.278. The standard InChI is InChI=1S/C18H21BrN2O2/c1-21(2)12-14-6-4-13(5-7-14)11-20-18(22)15-8-9-17(23-3)16(19)10-15/h4-10H,11-12H2,1-3H3,(H,20,22)/p+1. The van der Waals surface area contributed by atoms with Crippen LogP contribution in [-0.4, -0.2) is 27.1 Å². The number of nitrogens with one attached hydrogen (secondary N) is 2. The van der Waals surface area contributed by atoms with Crippen molar-refractivity contribution in [1.82, 2.24) is 5.32 Å². The van der Waals surface area contributed by atoms with Gasteiger partial charge in [0.25, 0.3) is 5.91 Å². The molecular weight excluding hydrogens is 356 g/mol. The summed E-state index contributed by atoms with van der Waals surface area (Å²) in [6, 6.07) is 13.6. The number of hydrogen-bond donors (Lipinski definition) is 2. The number of hydrogen-bond acceptors (Lipinski definition) is 2. The van der Waals surface area contributed by atoms with Crippen LogP contribution in [0.15, 0.2) is 46.9 Å². The fourth-order valence-corrected chi connectivity index (χ4v) is 2.82. The predicted molar refractivity (Wildman–Crippen MR) is 94.8 cm³/mol. The van der Waals surface area contributed by atoms with Gasteiger partial charge in [0.05, 0.1) is 25.7 Å². The first-order valence-electron chi connectivity index (χ1n) is 7.48. The number of quaternary nitrogens is 1. The zero-order valence-electron chi connectivity index (χ0n) is 13.7. The van der Waals surface area contributed by atoms with Crippen LogP contribution in [0.5, 0.6) is 5.75 Å². The first-order chi connectivity index (χ1) is 11.0. The van der Waals surface area contributed by atoms with Crippen LogP contribution < -0.4 is 15.0 Å². The molecule has 0 aliphatic rings. The Balaban J connectivity index is 1.95. The Morgan fingerprint density at radius 1 is 1.13 bits per heavy atom. The highest BCUT2D eigenvalue weighted by Crippen LogP contribution is 2.25. The highest BCUT2D eigenvalue weighted by molar-refractivity contribution is 9.10. The first kappa shape index (κ1) is 17.5. The summed E-state index contributed by atoms with van der Waals surface area (Å²) in [4.78, 5) is 13.6. The molecule has 122 valence electrons. The highest BCUT2D eigenvalue weighted by Gasteiger charge is 2.08. The summed E-state index contributed by atoms with van der Waals surface area (Å²) in [6.07, 6.45) is 0. The van der Waals surface area contributed by atoms with Crippen molar-refractivity contribution in [1.29, 1.82) is 0 Å². The molecule has 4 nitrogen and oxygen atoms in total. The normalized spacial score (nSPS) is 10.7. The van der Waals surface area contributed by atoms with Crippen molar-refractivity contribution in [3.63, 3.8) is 0 Å². The molecule has 0 atom stereocenters. The van der Waals surface area contributed by atoms with Crippen LogP contribution in [0, 0.1) is 0 Å². The van der Waals surface area contributed by atoms with Crippen LogP contribution in [0.4, 0.5) is 0 Å². The zero-order chi connectivity index (χ0) is 16.8. The molecule has 0 radical (unpaired) electrons. The molecule has 0 saturated carbocycles. The van der Waals surface area contributed by atoms with E-state index in [4.69, 9.17) is 4.74 Å². The van der Waals surface area contributed by atoms with Crippen molar-refractivity contribution in [2.24, 2.45) is 0 Å². The molecule has 2 aromatic carbocycles. The highest BCUT2D eigenvalue weighted by atomic mass is 79.9. The number of rotatable bonds is 6. The molecule has 0 aliphatic heterocycles. The Kier molecular flexibility index (Phi) is 6.19. The Labute approximate surface area is 145 Å². The summed E-state index contributed by atoms with van der Waals surface area (Å²) < 4.78 is 5.93. The Bertz CT molecular complexity index is 669. The van der Waals surface area contributed by atoms with Gasteiger partial charge in [-0.15, -0.1) is 0 Å². The zero-order valence-corrected chi connectivity index (χ0v) is 15.2. The number of carbonyl (C=O) groups excluding carboxylic acids is 1. The van der Waals surface area contributed by atoms with E-state index in [1.807, 2.05) is 0 Å². The van der Waals surface area contributed by atoms with E-state index in [9.17, 15) is 4.79 Å². The molecule has 0 aliphatic carbocycles. The van der Waals surface area contributed by atoms with Gasteiger partial charge in [-0.1, -0.05) is 24.3 Å². The molecule has 0 fully saturated rings. The largest absolute Gasteiger partial charge is 0.496 e. The maximum Gasteiger partial charge on any atom is 0.251 e. The van der Waals surface area contributed by atoms with Crippen molar-refractivity contribution in [2.75, 3.05) is 21.2 Å². The van der Waals surface area contributed by atoms with Crippen molar-refractivity contribution in [3.05, 3.63) is 63.6 Å². The lowest BCUT2D eigenvalue weighted by Gasteiger charge is -2.09. The summed E-state index contributed by atoms with van der Waals surface area (Å²) >= 11 is 3.39. The predicted octanol–water partition coefficient (Wildman–Crippen LogP) is 2.03. The van der Waals surface area contributed by atoms with Gasteiger partial charge in [-0.25, -0.2) is 0 Å². The molecule has 5 heteroatoms. The number of methoxy groups -OCH3 is 1. The molecule has 0 spiro atoms. The van der Waals surface area contributed by atoms with Gasteiger partial charge in [0.2, 0.25) is 0 Å². The van der Waals surface area contributed by atoms with Gasteiger partial charge in [0.1, 0.15) is 12.3 Å². The van der Waals surface area contributed by atoms with Crippen LogP contribution in [0.2, 0.25) is 0 Å². The maximum absolute atomic E-state index is 12.2. The second-order valence-electron chi connectivity index (χ2n) is 5.73. The Morgan fingerprint density at radius 3 is 2.35 bits per heavy atom. The van der Waals surface area contributed by atoms with Gasteiger partial charge in [-0.05, 0) is 39.7 Å². The molecular formula is C18H22BrN2O2+. The smallest absolute Gasteiger partial charge is 0.251 e. The minimum absolute atomic E-state index is 0.102. The van der Waals surface area contributed by atoms with E-state index in [2.05, 4.69) is 59.6 Å². The second kappa shape index (κ2) is 8.13. The number of halogens is 1. The van der Waals surface area contributed by atoms with E-state index in [0.717, 1.165) is 16.6 Å². The number of carbonyl (C=O) groups is 1. The van der Waals surface area contributed by atoms with Crippen molar-refractivity contribution < 1.29 is 14.4 Å². The minimum Gasteiger partial charge on any atom is -0.496 e. The monoisotopic (exact) mass is 377 g/mol. The number of ether oxygens (including phenoxy) is 1. The fourth-order valence-electron chi connectivity index (χ4n) is 2.28. The molecule has 0 aromatic heterocycles. The molecule has 2 N–H and O–H groups in total. The summed E-state index contributed by atoms with van der Waals surface area (Å²) in [5.74, 6) is 0.607. The summed E-state index contributed by atoms with van der Waals surface area (Å²) in [5.41, 5.74) is 2.98. The lowest BCUT2D eigenvalue weighted by atomic mass is 10.1. The molecule has 0 bridgehead atoms. The van der Waals surface area contributed by atoms with E-state index >= 15 is 0 Å². The van der Waals surface area contributed by atoms with Gasteiger partial charge in [-0.2, -0.15) is 0 Å². The van der Waals surface area contributed by atoms with Gasteiger partial charge in [0, 0.05) is 17.7 Å². The molecule has 1 amide bonds. The van der Waals surface area contributed by atoms with E-state index in [0.29, 0.717) is 17.9 Å². The number of amides is 1. The topological polar surface area (TPSA) is 42.8 Å². The average Bonchev–Trinajstić information content (AvgIpc) is 2.53. The van der Waals surface area contributed by atoms with E-state index in [1.165, 1.54) is 10.5 Å². The molecule has 0 unspecified atom stereocenters. The van der Waals surface area contributed by atoms with E-state index < -0.39 is 0 Å². The summed E-state index contributed by atoms with van der Waals surface area (Å²) in [7, 11) is 5.85. The van der Waals surface area contributed by atoms with Gasteiger partial charge in [0.15, 0.2) is 0 Å². The SMILES string of the molecule is COc1ccc(C(=O)NCc2ccc(C[NH+](C)C)cc2)cc1Br. The Morgan fingerprint density at radius 2 is 1.78 bits per heavy atom. The molecule has 2 aromatic rings. The van der Waals surface area contributed by atoms with Crippen LogP contribution in [0.25, 0.3) is 0 Å². The second-order valence-corrected chi connectivity index (χ2v) is 6.59. The quantitative estimate of drug-likeness (QED) is 0.808. The van der Waals surface area contributed by atoms with Crippen LogP contribution in [0.1, 0.15) is 21.5 Å². The van der Waals surface area contributed by atoms with Crippen LogP contribution >= 0.6 is 15.9 Å².